The molecule has 96 valence electrons. The number of rotatable bonds is 3. The zero-order valence-corrected chi connectivity index (χ0v) is 10.8. The van der Waals surface area contributed by atoms with Crippen LogP contribution in [0.25, 0.3) is 0 Å². The monoisotopic (exact) mass is 241 g/mol. The van der Waals surface area contributed by atoms with Crippen LogP contribution in [0.5, 0.6) is 0 Å². The minimum Gasteiger partial charge on any atom is -0.347 e. The third-order valence-corrected chi connectivity index (χ3v) is 2.94. The highest BCUT2D eigenvalue weighted by Crippen LogP contribution is 2.17. The van der Waals surface area contributed by atoms with E-state index in [0.717, 1.165) is 0 Å². The van der Waals surface area contributed by atoms with Crippen LogP contribution in [0.4, 0.5) is 0 Å². The quantitative estimate of drug-likeness (QED) is 0.637. The van der Waals surface area contributed by atoms with E-state index in [-0.39, 0.29) is 36.6 Å². The van der Waals surface area contributed by atoms with Crippen LogP contribution < -0.4 is 0 Å². The zero-order chi connectivity index (χ0) is 13.2. The number of nitrogens with zero attached hydrogens (tertiary/aromatic N) is 3. The fourth-order valence-electron chi connectivity index (χ4n) is 1.76. The van der Waals surface area contributed by atoms with E-state index in [0.29, 0.717) is 6.54 Å². The van der Waals surface area contributed by atoms with Crippen LogP contribution in [0, 0.1) is 5.92 Å². The van der Waals surface area contributed by atoms with Crippen LogP contribution >= 0.6 is 0 Å². The Balaban J connectivity index is 2.53. The fraction of sp³-hybridized carbons (Fsp3) is 0.727. The van der Waals surface area contributed by atoms with Gasteiger partial charge in [0.05, 0.1) is 12.5 Å². The van der Waals surface area contributed by atoms with Crippen LogP contribution in [0.3, 0.4) is 0 Å². The summed E-state index contributed by atoms with van der Waals surface area (Å²) in [6, 6.07) is 0. The molecule has 1 fully saturated rings. The molecule has 1 unspecified atom stereocenters. The molecule has 6 nitrogen and oxygen atoms in total. The summed E-state index contributed by atoms with van der Waals surface area (Å²) in [5.41, 5.74) is 0. The van der Waals surface area contributed by atoms with Crippen molar-refractivity contribution < 1.29 is 14.4 Å². The Bertz CT molecular complexity index is 341. The summed E-state index contributed by atoms with van der Waals surface area (Å²) >= 11 is 0. The smallest absolute Gasteiger partial charge is 0.241 e. The Hall–Kier alpha value is -1.59. The van der Waals surface area contributed by atoms with Gasteiger partial charge in [-0.15, -0.1) is 0 Å². The molecule has 0 N–H and O–H groups in total. The lowest BCUT2D eigenvalue weighted by atomic mass is 10.1. The molecule has 1 rings (SSSR count). The molecule has 0 aliphatic carbocycles. The van der Waals surface area contributed by atoms with Gasteiger partial charge in [0.25, 0.3) is 0 Å². The second-order valence-electron chi connectivity index (χ2n) is 4.66. The van der Waals surface area contributed by atoms with E-state index in [2.05, 4.69) is 0 Å². The van der Waals surface area contributed by atoms with E-state index in [9.17, 15) is 14.4 Å². The van der Waals surface area contributed by atoms with Gasteiger partial charge in [-0.25, -0.2) is 0 Å². The van der Waals surface area contributed by atoms with Crippen molar-refractivity contribution in [2.24, 2.45) is 5.92 Å². The van der Waals surface area contributed by atoms with Crippen molar-refractivity contribution in [1.29, 1.82) is 0 Å². The van der Waals surface area contributed by atoms with Gasteiger partial charge in [0.15, 0.2) is 0 Å². The molecule has 1 aliphatic heterocycles. The maximum Gasteiger partial charge on any atom is 0.241 e. The molecule has 0 spiro atoms. The second-order valence-corrected chi connectivity index (χ2v) is 4.66. The Morgan fingerprint density at radius 1 is 1.35 bits per heavy atom. The molecule has 0 aromatic heterocycles. The van der Waals surface area contributed by atoms with Gasteiger partial charge < -0.3 is 14.7 Å². The average Bonchev–Trinajstić information content (AvgIpc) is 2.57. The number of amides is 3. The number of carbonyl (C=O) groups is 3. The molecule has 1 saturated heterocycles. The lowest BCUT2D eigenvalue weighted by Crippen LogP contribution is -2.41. The summed E-state index contributed by atoms with van der Waals surface area (Å²) < 4.78 is 0. The van der Waals surface area contributed by atoms with Crippen molar-refractivity contribution in [3.8, 4) is 0 Å². The van der Waals surface area contributed by atoms with Gasteiger partial charge >= 0.3 is 0 Å². The fourth-order valence-corrected chi connectivity index (χ4v) is 1.76. The van der Waals surface area contributed by atoms with E-state index in [1.807, 2.05) is 0 Å². The van der Waals surface area contributed by atoms with Crippen LogP contribution in [-0.2, 0) is 14.4 Å². The maximum absolute atomic E-state index is 12.0. The standard InChI is InChI=1S/C11H19N3O3/c1-12(2)10(16)7-14(4)11(17)8-5-9(15)13(3)6-8/h8H,5-7H2,1-4H3. The molecule has 17 heavy (non-hydrogen) atoms. The molecule has 6 heteroatoms. The minimum absolute atomic E-state index is 0.0179. The van der Waals surface area contributed by atoms with Crippen molar-refractivity contribution in [2.45, 2.75) is 6.42 Å². The summed E-state index contributed by atoms with van der Waals surface area (Å²) in [5.74, 6) is -0.598. The van der Waals surface area contributed by atoms with E-state index < -0.39 is 0 Å². The summed E-state index contributed by atoms with van der Waals surface area (Å²) in [6.45, 7) is 0.498. The molecule has 1 atom stereocenters. The second kappa shape index (κ2) is 5.16. The first kappa shape index (κ1) is 13.5. The van der Waals surface area contributed by atoms with Gasteiger partial charge in [0, 0.05) is 41.2 Å². The molecule has 0 saturated carbocycles. The Kier molecular flexibility index (Phi) is 4.09. The number of likely N-dealkylation sites (N-methyl/N-ethyl adjacent to an activating group) is 2. The molecule has 0 aromatic rings. The van der Waals surface area contributed by atoms with Crippen molar-refractivity contribution in [3.63, 3.8) is 0 Å². The highest BCUT2D eigenvalue weighted by Gasteiger charge is 2.34. The lowest BCUT2D eigenvalue weighted by molar-refractivity contribution is -0.140. The lowest BCUT2D eigenvalue weighted by Gasteiger charge is -2.21. The van der Waals surface area contributed by atoms with Crippen molar-refractivity contribution >= 4 is 17.7 Å². The third kappa shape index (κ3) is 3.18. The van der Waals surface area contributed by atoms with E-state index in [1.165, 1.54) is 9.80 Å². The molecular formula is C11H19N3O3. The first-order valence-corrected chi connectivity index (χ1v) is 5.52. The van der Waals surface area contributed by atoms with Gasteiger partial charge in [-0.2, -0.15) is 0 Å². The molecular weight excluding hydrogens is 222 g/mol. The van der Waals surface area contributed by atoms with Crippen molar-refractivity contribution in [1.82, 2.24) is 14.7 Å². The van der Waals surface area contributed by atoms with Crippen LogP contribution in [0.15, 0.2) is 0 Å². The van der Waals surface area contributed by atoms with Crippen LogP contribution in [0.2, 0.25) is 0 Å². The largest absolute Gasteiger partial charge is 0.347 e. The average molecular weight is 241 g/mol. The van der Waals surface area contributed by atoms with Crippen LogP contribution in [-0.4, -0.2) is 73.7 Å². The Labute approximate surface area is 101 Å². The number of likely N-dealkylation sites (tertiary alicyclic amines) is 1. The highest BCUT2D eigenvalue weighted by atomic mass is 16.2. The van der Waals surface area contributed by atoms with E-state index >= 15 is 0 Å². The SMILES string of the molecule is CN(C)C(=O)CN(C)C(=O)C1CC(=O)N(C)C1. The summed E-state index contributed by atoms with van der Waals surface area (Å²) in [5, 5.41) is 0. The Morgan fingerprint density at radius 3 is 2.35 bits per heavy atom. The van der Waals surface area contributed by atoms with E-state index in [1.54, 1.807) is 33.1 Å². The topological polar surface area (TPSA) is 60.9 Å². The number of hydrogen-bond acceptors (Lipinski definition) is 3. The van der Waals surface area contributed by atoms with Gasteiger partial charge in [0.1, 0.15) is 0 Å². The van der Waals surface area contributed by atoms with Gasteiger partial charge in [-0.05, 0) is 0 Å². The third-order valence-electron chi connectivity index (χ3n) is 2.94. The first-order chi connectivity index (χ1) is 7.82. The van der Waals surface area contributed by atoms with Gasteiger partial charge in [-0.3, -0.25) is 14.4 Å². The molecule has 0 aromatic carbocycles. The van der Waals surface area contributed by atoms with E-state index in [4.69, 9.17) is 0 Å². The molecule has 1 aliphatic rings. The number of carbonyl (C=O) groups excluding carboxylic acids is 3. The molecule has 0 radical (unpaired) electrons. The van der Waals surface area contributed by atoms with Gasteiger partial charge in [-0.1, -0.05) is 0 Å². The molecule has 1 heterocycles. The summed E-state index contributed by atoms with van der Waals surface area (Å²) in [6.07, 6.45) is 0.246. The number of hydrogen-bond donors (Lipinski definition) is 0. The van der Waals surface area contributed by atoms with Gasteiger partial charge in [0.2, 0.25) is 17.7 Å². The maximum atomic E-state index is 12.0. The zero-order valence-electron chi connectivity index (χ0n) is 10.8. The Morgan fingerprint density at radius 2 is 1.94 bits per heavy atom. The predicted octanol–water partition coefficient (Wildman–Crippen LogP) is -0.989. The summed E-state index contributed by atoms with van der Waals surface area (Å²) in [4.78, 5) is 39.1. The van der Waals surface area contributed by atoms with Crippen molar-refractivity contribution in [2.75, 3.05) is 41.3 Å². The molecule has 0 bridgehead atoms. The van der Waals surface area contributed by atoms with Crippen LogP contribution in [0.1, 0.15) is 6.42 Å². The minimum atomic E-state index is -0.313. The molecule has 3 amide bonds. The summed E-state index contributed by atoms with van der Waals surface area (Å²) in [7, 11) is 6.56. The normalized spacial score (nSPS) is 19.4. The first-order valence-electron chi connectivity index (χ1n) is 5.52. The highest BCUT2D eigenvalue weighted by molar-refractivity contribution is 5.91. The van der Waals surface area contributed by atoms with Crippen molar-refractivity contribution in [3.05, 3.63) is 0 Å². The predicted molar refractivity (Wildman–Crippen MR) is 62.1 cm³/mol.